The fraction of sp³-hybridized carbons (Fsp3) is 0.500. The second-order valence-electron chi connectivity index (χ2n) is 5.27. The number of nitro benzene ring substituents is 1. The summed E-state index contributed by atoms with van der Waals surface area (Å²) in [5, 5.41) is 22.1. The van der Waals surface area contributed by atoms with Crippen LogP contribution in [0.15, 0.2) is 24.3 Å². The van der Waals surface area contributed by atoms with Gasteiger partial charge in [-0.2, -0.15) is 5.26 Å². The summed E-state index contributed by atoms with van der Waals surface area (Å²) in [6.45, 7) is 5.11. The van der Waals surface area contributed by atoms with Crippen LogP contribution in [0.4, 0.5) is 16.2 Å². The van der Waals surface area contributed by atoms with Gasteiger partial charge in [-0.25, -0.2) is 4.79 Å². The number of benzene rings is 1. The van der Waals surface area contributed by atoms with Crippen molar-refractivity contribution in [1.82, 2.24) is 4.90 Å². The number of urea groups is 1. The van der Waals surface area contributed by atoms with E-state index in [0.29, 0.717) is 24.7 Å². The number of rotatable bonds is 8. The van der Waals surface area contributed by atoms with E-state index in [1.165, 1.54) is 24.3 Å². The molecule has 0 spiro atoms. The highest BCUT2D eigenvalue weighted by atomic mass is 16.6. The summed E-state index contributed by atoms with van der Waals surface area (Å²) in [5.74, 6) is 0.385. The molecule has 23 heavy (non-hydrogen) atoms. The molecule has 7 nitrogen and oxygen atoms in total. The van der Waals surface area contributed by atoms with Crippen molar-refractivity contribution in [3.05, 3.63) is 34.4 Å². The highest BCUT2D eigenvalue weighted by molar-refractivity contribution is 5.89. The Labute approximate surface area is 136 Å². The van der Waals surface area contributed by atoms with Crippen LogP contribution < -0.4 is 5.32 Å². The first-order valence-corrected chi connectivity index (χ1v) is 7.69. The summed E-state index contributed by atoms with van der Waals surface area (Å²) in [5.41, 5.74) is 0.466. The van der Waals surface area contributed by atoms with Crippen molar-refractivity contribution in [3.8, 4) is 6.07 Å². The van der Waals surface area contributed by atoms with Crippen LogP contribution in [0.1, 0.15) is 33.1 Å². The van der Waals surface area contributed by atoms with Gasteiger partial charge in [-0.15, -0.1) is 0 Å². The molecular formula is C16H22N4O3. The summed E-state index contributed by atoms with van der Waals surface area (Å²) in [7, 11) is 0. The molecule has 124 valence electrons. The molecule has 0 bridgehead atoms. The summed E-state index contributed by atoms with van der Waals surface area (Å²) >= 11 is 0. The maximum absolute atomic E-state index is 12.4. The molecule has 0 heterocycles. The summed E-state index contributed by atoms with van der Waals surface area (Å²) in [4.78, 5) is 24.1. The maximum Gasteiger partial charge on any atom is 0.321 e. The van der Waals surface area contributed by atoms with Gasteiger partial charge in [-0.3, -0.25) is 10.1 Å². The van der Waals surface area contributed by atoms with Gasteiger partial charge < -0.3 is 10.2 Å². The van der Waals surface area contributed by atoms with E-state index in [2.05, 4.69) is 19.2 Å². The molecule has 1 aromatic carbocycles. The lowest BCUT2D eigenvalue weighted by molar-refractivity contribution is -0.384. The Bertz CT molecular complexity index is 562. The van der Waals surface area contributed by atoms with Crippen molar-refractivity contribution in [2.75, 3.05) is 18.4 Å². The zero-order valence-electron chi connectivity index (χ0n) is 13.5. The number of amides is 2. The Balaban J connectivity index is 2.75. The van der Waals surface area contributed by atoms with Crippen molar-refractivity contribution >= 4 is 17.4 Å². The van der Waals surface area contributed by atoms with Gasteiger partial charge in [0.05, 0.1) is 17.4 Å². The Morgan fingerprint density at radius 1 is 1.35 bits per heavy atom. The lowest BCUT2D eigenvalue weighted by atomic mass is 10.0. The minimum absolute atomic E-state index is 0.0265. The van der Waals surface area contributed by atoms with E-state index in [4.69, 9.17) is 5.26 Å². The SMILES string of the molecule is CCC(CC)CN(CCC#N)C(=O)Nc1ccc([N+](=O)[O-])cc1. The number of carbonyl (C=O) groups excluding carboxylic acids is 1. The molecule has 1 rings (SSSR count). The molecule has 0 fully saturated rings. The van der Waals surface area contributed by atoms with Crippen LogP contribution in [0.3, 0.4) is 0 Å². The summed E-state index contributed by atoms with van der Waals surface area (Å²) in [6.07, 6.45) is 2.20. The Hall–Kier alpha value is -2.62. The molecule has 0 atom stereocenters. The highest BCUT2D eigenvalue weighted by Crippen LogP contribution is 2.17. The van der Waals surface area contributed by atoms with E-state index >= 15 is 0 Å². The first-order valence-electron chi connectivity index (χ1n) is 7.69. The fourth-order valence-electron chi connectivity index (χ4n) is 2.19. The molecule has 1 N–H and O–H groups in total. The molecule has 0 radical (unpaired) electrons. The third kappa shape index (κ3) is 5.94. The summed E-state index contributed by atoms with van der Waals surface area (Å²) < 4.78 is 0. The van der Waals surface area contributed by atoms with Crippen LogP contribution in [-0.4, -0.2) is 28.9 Å². The predicted octanol–water partition coefficient (Wildman–Crippen LogP) is 3.78. The van der Waals surface area contributed by atoms with Gasteiger partial charge in [0.15, 0.2) is 0 Å². The second-order valence-corrected chi connectivity index (χ2v) is 5.27. The minimum Gasteiger partial charge on any atom is -0.323 e. The van der Waals surface area contributed by atoms with Crippen LogP contribution in [-0.2, 0) is 0 Å². The van der Waals surface area contributed by atoms with Crippen LogP contribution in [0.5, 0.6) is 0 Å². The lowest BCUT2D eigenvalue weighted by Crippen LogP contribution is -2.39. The monoisotopic (exact) mass is 318 g/mol. The van der Waals surface area contributed by atoms with E-state index in [-0.39, 0.29) is 18.1 Å². The normalized spacial score (nSPS) is 10.2. The molecule has 0 aliphatic rings. The molecule has 0 unspecified atom stereocenters. The van der Waals surface area contributed by atoms with Gasteiger partial charge in [0.1, 0.15) is 0 Å². The number of nitro groups is 1. The molecule has 0 aromatic heterocycles. The van der Waals surface area contributed by atoms with Crippen molar-refractivity contribution < 1.29 is 9.72 Å². The largest absolute Gasteiger partial charge is 0.323 e. The predicted molar refractivity (Wildman–Crippen MR) is 88.0 cm³/mol. The number of hydrogen-bond donors (Lipinski definition) is 1. The highest BCUT2D eigenvalue weighted by Gasteiger charge is 2.17. The number of nitrogens with zero attached hydrogens (tertiary/aromatic N) is 3. The molecule has 0 saturated heterocycles. The quantitative estimate of drug-likeness (QED) is 0.582. The molecular weight excluding hydrogens is 296 g/mol. The molecule has 7 heteroatoms. The molecule has 0 aliphatic carbocycles. The Morgan fingerprint density at radius 3 is 2.43 bits per heavy atom. The van der Waals surface area contributed by atoms with Crippen molar-refractivity contribution in [2.24, 2.45) is 5.92 Å². The average molecular weight is 318 g/mol. The first-order chi connectivity index (χ1) is 11.0. The van der Waals surface area contributed by atoms with Crippen LogP contribution >= 0.6 is 0 Å². The number of nitriles is 1. The standard InChI is InChI=1S/C16H22N4O3/c1-3-13(4-2)12-19(11-5-10-17)16(21)18-14-6-8-15(9-7-14)20(22)23/h6-9,13H,3-5,11-12H2,1-2H3,(H,18,21). The zero-order valence-corrected chi connectivity index (χ0v) is 13.5. The Morgan fingerprint density at radius 2 is 1.96 bits per heavy atom. The van der Waals surface area contributed by atoms with Crippen molar-refractivity contribution in [1.29, 1.82) is 5.26 Å². The zero-order chi connectivity index (χ0) is 17.2. The number of nitrogens with one attached hydrogen (secondary N) is 1. The summed E-state index contributed by atoms with van der Waals surface area (Å²) in [6, 6.07) is 7.44. The van der Waals surface area contributed by atoms with Gasteiger partial charge in [-0.1, -0.05) is 26.7 Å². The number of hydrogen-bond acceptors (Lipinski definition) is 4. The van der Waals surface area contributed by atoms with Gasteiger partial charge >= 0.3 is 6.03 Å². The second kappa shape index (κ2) is 9.41. The van der Waals surface area contributed by atoms with E-state index in [0.717, 1.165) is 12.8 Å². The van der Waals surface area contributed by atoms with E-state index in [1.807, 2.05) is 6.07 Å². The minimum atomic E-state index is -0.488. The van der Waals surface area contributed by atoms with E-state index < -0.39 is 4.92 Å². The molecule has 0 aliphatic heterocycles. The smallest absolute Gasteiger partial charge is 0.321 e. The van der Waals surface area contributed by atoms with Crippen LogP contribution in [0.25, 0.3) is 0 Å². The number of non-ortho nitro benzene ring substituents is 1. The van der Waals surface area contributed by atoms with Gasteiger partial charge in [0.2, 0.25) is 0 Å². The van der Waals surface area contributed by atoms with Crippen LogP contribution in [0.2, 0.25) is 0 Å². The number of carbonyl (C=O) groups is 1. The maximum atomic E-state index is 12.4. The van der Waals surface area contributed by atoms with Gasteiger partial charge in [0, 0.05) is 30.9 Å². The van der Waals surface area contributed by atoms with Crippen LogP contribution in [0, 0.1) is 27.4 Å². The van der Waals surface area contributed by atoms with Crippen molar-refractivity contribution in [3.63, 3.8) is 0 Å². The first kappa shape index (κ1) is 18.4. The van der Waals surface area contributed by atoms with E-state index in [1.54, 1.807) is 4.90 Å². The topological polar surface area (TPSA) is 99.3 Å². The molecule has 0 saturated carbocycles. The van der Waals surface area contributed by atoms with E-state index in [9.17, 15) is 14.9 Å². The third-order valence-corrected chi connectivity index (χ3v) is 3.74. The van der Waals surface area contributed by atoms with Gasteiger partial charge in [0.25, 0.3) is 5.69 Å². The lowest BCUT2D eigenvalue weighted by Gasteiger charge is -2.26. The Kier molecular flexibility index (Phi) is 7.54. The third-order valence-electron chi connectivity index (χ3n) is 3.74. The molecule has 2 amide bonds. The number of anilines is 1. The average Bonchev–Trinajstić information content (AvgIpc) is 2.55. The van der Waals surface area contributed by atoms with Gasteiger partial charge in [-0.05, 0) is 18.1 Å². The fourth-order valence-corrected chi connectivity index (χ4v) is 2.19. The molecule has 1 aromatic rings. The van der Waals surface area contributed by atoms with Crippen molar-refractivity contribution in [2.45, 2.75) is 33.1 Å².